The average Bonchev–Trinajstić information content (AvgIpc) is 2.28. The van der Waals surface area contributed by atoms with Gasteiger partial charge in [0.05, 0.1) is 16.1 Å². The van der Waals surface area contributed by atoms with Gasteiger partial charge >= 0.3 is 5.97 Å². The zero-order valence-corrected chi connectivity index (χ0v) is 12.4. The van der Waals surface area contributed by atoms with Gasteiger partial charge in [-0.25, -0.2) is 13.2 Å². The summed E-state index contributed by atoms with van der Waals surface area (Å²) in [6.07, 6.45) is 0. The van der Waals surface area contributed by atoms with E-state index in [0.29, 0.717) is 11.1 Å². The Morgan fingerprint density at radius 3 is 2.30 bits per heavy atom. The van der Waals surface area contributed by atoms with Crippen molar-refractivity contribution in [1.82, 2.24) is 4.31 Å². The number of aryl methyl sites for hydroxylation is 1. The normalized spacial score (nSPS) is 18.6. The molecule has 1 fully saturated rings. The van der Waals surface area contributed by atoms with E-state index in [1.54, 1.807) is 20.8 Å². The molecular formula is C13H17NO5S. The summed E-state index contributed by atoms with van der Waals surface area (Å²) < 4.78 is 26.1. The van der Waals surface area contributed by atoms with Gasteiger partial charge in [-0.15, -0.1) is 0 Å². The van der Waals surface area contributed by atoms with E-state index in [1.165, 1.54) is 12.1 Å². The van der Waals surface area contributed by atoms with Gasteiger partial charge in [0.2, 0.25) is 10.0 Å². The largest absolute Gasteiger partial charge is 0.478 e. The Hall–Kier alpha value is -1.44. The molecule has 2 rings (SSSR count). The topological polar surface area (TPSA) is 94.9 Å². The van der Waals surface area contributed by atoms with E-state index in [4.69, 9.17) is 5.11 Å². The zero-order valence-electron chi connectivity index (χ0n) is 11.5. The number of carbonyl (C=O) groups is 1. The van der Waals surface area contributed by atoms with Gasteiger partial charge in [0.25, 0.3) is 0 Å². The number of carboxylic acid groups (broad SMARTS) is 1. The summed E-state index contributed by atoms with van der Waals surface area (Å²) in [4.78, 5) is 11.0. The molecule has 1 saturated heterocycles. The van der Waals surface area contributed by atoms with Crippen LogP contribution in [0, 0.1) is 13.8 Å². The second-order valence-corrected chi connectivity index (χ2v) is 7.40. The highest BCUT2D eigenvalue weighted by Gasteiger charge is 2.44. The van der Waals surface area contributed by atoms with E-state index in [1.807, 2.05) is 0 Å². The molecule has 1 aromatic rings. The number of carboxylic acids is 1. The second kappa shape index (κ2) is 4.54. The monoisotopic (exact) mass is 299 g/mol. The van der Waals surface area contributed by atoms with Crippen LogP contribution in [0.1, 0.15) is 28.4 Å². The zero-order chi connectivity index (χ0) is 15.3. The minimum absolute atomic E-state index is 0.00889. The summed E-state index contributed by atoms with van der Waals surface area (Å²) in [7, 11) is -3.77. The lowest BCUT2D eigenvalue weighted by Crippen LogP contribution is -2.61. The maximum atomic E-state index is 12.5. The molecule has 20 heavy (non-hydrogen) atoms. The molecular weight excluding hydrogens is 282 g/mol. The molecule has 0 spiro atoms. The van der Waals surface area contributed by atoms with Crippen molar-refractivity contribution in [1.29, 1.82) is 0 Å². The molecule has 0 unspecified atom stereocenters. The molecule has 1 heterocycles. The smallest absolute Gasteiger partial charge is 0.335 e. The fourth-order valence-electron chi connectivity index (χ4n) is 2.24. The third-order valence-corrected chi connectivity index (χ3v) is 5.44. The van der Waals surface area contributed by atoms with Gasteiger partial charge in [-0.2, -0.15) is 4.31 Å². The lowest BCUT2D eigenvalue weighted by Gasteiger charge is -2.43. The Labute approximate surface area is 117 Å². The molecule has 1 aliphatic rings. The van der Waals surface area contributed by atoms with Crippen LogP contribution in [-0.2, 0) is 10.0 Å². The number of β-amino-alcohol motifs (C(OH)–C–C–N with tert-alkyl or cyclic N) is 1. The number of benzene rings is 1. The van der Waals surface area contributed by atoms with Crippen molar-refractivity contribution in [2.75, 3.05) is 13.1 Å². The average molecular weight is 299 g/mol. The minimum atomic E-state index is -3.77. The number of sulfonamides is 1. The Balaban J connectivity index is 2.49. The minimum Gasteiger partial charge on any atom is -0.478 e. The molecule has 1 aromatic carbocycles. The molecule has 110 valence electrons. The van der Waals surface area contributed by atoms with Crippen molar-refractivity contribution >= 4 is 16.0 Å². The summed E-state index contributed by atoms with van der Waals surface area (Å²) >= 11 is 0. The number of aromatic carboxylic acids is 1. The summed E-state index contributed by atoms with van der Waals surface area (Å²) in [5.74, 6) is -1.17. The van der Waals surface area contributed by atoms with Crippen LogP contribution in [0.15, 0.2) is 17.0 Å². The molecule has 0 radical (unpaired) electrons. The van der Waals surface area contributed by atoms with Gasteiger partial charge in [-0.3, -0.25) is 0 Å². The van der Waals surface area contributed by atoms with Gasteiger partial charge in [-0.1, -0.05) is 0 Å². The standard InChI is InChI=1S/C13H17NO5S/c1-8-4-10(12(15)16)5-11(9(8)2)20(18,19)14-6-13(3,17)7-14/h4-5,17H,6-7H2,1-3H3,(H,15,16). The number of hydrogen-bond acceptors (Lipinski definition) is 4. The summed E-state index contributed by atoms with van der Waals surface area (Å²) in [6, 6.07) is 2.62. The molecule has 6 nitrogen and oxygen atoms in total. The molecule has 0 atom stereocenters. The van der Waals surface area contributed by atoms with Crippen LogP contribution in [0.4, 0.5) is 0 Å². The van der Waals surface area contributed by atoms with Crippen molar-refractivity contribution in [3.8, 4) is 0 Å². The first-order valence-corrected chi connectivity index (χ1v) is 7.56. The second-order valence-electron chi connectivity index (χ2n) is 5.49. The predicted molar refractivity (Wildman–Crippen MR) is 72.3 cm³/mol. The van der Waals surface area contributed by atoms with Crippen molar-refractivity contribution in [2.24, 2.45) is 0 Å². The SMILES string of the molecule is Cc1cc(C(=O)O)cc(S(=O)(=O)N2CC(C)(O)C2)c1C. The maximum absolute atomic E-state index is 12.5. The lowest BCUT2D eigenvalue weighted by atomic mass is 10.0. The molecule has 0 bridgehead atoms. The van der Waals surface area contributed by atoms with Gasteiger partial charge in [0.15, 0.2) is 0 Å². The number of rotatable bonds is 3. The number of aliphatic hydroxyl groups is 1. The molecule has 0 aliphatic carbocycles. The Kier molecular flexibility index (Phi) is 3.40. The first-order chi connectivity index (χ1) is 9.04. The van der Waals surface area contributed by atoms with E-state index in [0.717, 1.165) is 4.31 Å². The van der Waals surface area contributed by atoms with Crippen LogP contribution >= 0.6 is 0 Å². The molecule has 0 amide bonds. The summed E-state index contributed by atoms with van der Waals surface area (Å²) in [6.45, 7) is 4.92. The molecule has 0 saturated carbocycles. The fourth-order valence-corrected chi connectivity index (χ4v) is 4.24. The van der Waals surface area contributed by atoms with E-state index in [2.05, 4.69) is 0 Å². The lowest BCUT2D eigenvalue weighted by molar-refractivity contribution is -0.0426. The van der Waals surface area contributed by atoms with Crippen LogP contribution in [0.5, 0.6) is 0 Å². The highest BCUT2D eigenvalue weighted by molar-refractivity contribution is 7.89. The highest BCUT2D eigenvalue weighted by atomic mass is 32.2. The van der Waals surface area contributed by atoms with E-state index < -0.39 is 21.6 Å². The summed E-state index contributed by atoms with van der Waals surface area (Å²) in [5, 5.41) is 18.7. The van der Waals surface area contributed by atoms with Gasteiger partial charge < -0.3 is 10.2 Å². The van der Waals surface area contributed by atoms with Crippen LogP contribution in [-0.4, -0.2) is 47.6 Å². The van der Waals surface area contributed by atoms with Gasteiger partial charge in [0, 0.05) is 13.1 Å². The van der Waals surface area contributed by atoms with Crippen LogP contribution in [0.25, 0.3) is 0 Å². The third-order valence-electron chi connectivity index (χ3n) is 3.52. The van der Waals surface area contributed by atoms with Crippen molar-refractivity contribution in [3.63, 3.8) is 0 Å². The highest BCUT2D eigenvalue weighted by Crippen LogP contribution is 2.30. The molecule has 2 N–H and O–H groups in total. The predicted octanol–water partition coefficient (Wildman–Crippen LogP) is 0.757. The molecule has 7 heteroatoms. The van der Waals surface area contributed by atoms with Crippen molar-refractivity contribution < 1.29 is 23.4 Å². The van der Waals surface area contributed by atoms with Crippen molar-refractivity contribution in [3.05, 3.63) is 28.8 Å². The summed E-state index contributed by atoms with van der Waals surface area (Å²) in [5.41, 5.74) is 0.0664. The van der Waals surface area contributed by atoms with Crippen LogP contribution in [0.2, 0.25) is 0 Å². The fraction of sp³-hybridized carbons (Fsp3) is 0.462. The van der Waals surface area contributed by atoms with Crippen LogP contribution in [0.3, 0.4) is 0 Å². The number of hydrogen-bond donors (Lipinski definition) is 2. The first-order valence-electron chi connectivity index (χ1n) is 6.12. The van der Waals surface area contributed by atoms with Gasteiger partial charge in [-0.05, 0) is 44.0 Å². The van der Waals surface area contributed by atoms with Crippen LogP contribution < -0.4 is 0 Å². The first kappa shape index (κ1) is 15.0. The third kappa shape index (κ3) is 2.44. The Morgan fingerprint density at radius 2 is 1.85 bits per heavy atom. The Bertz CT molecular complexity index is 670. The van der Waals surface area contributed by atoms with E-state index in [9.17, 15) is 18.3 Å². The quantitative estimate of drug-likeness (QED) is 0.859. The number of nitrogens with zero attached hydrogens (tertiary/aromatic N) is 1. The molecule has 0 aromatic heterocycles. The van der Waals surface area contributed by atoms with E-state index in [-0.39, 0.29) is 23.5 Å². The van der Waals surface area contributed by atoms with Gasteiger partial charge in [0.1, 0.15) is 0 Å². The van der Waals surface area contributed by atoms with E-state index >= 15 is 0 Å². The molecule has 1 aliphatic heterocycles. The van der Waals surface area contributed by atoms with Crippen molar-refractivity contribution in [2.45, 2.75) is 31.3 Å². The maximum Gasteiger partial charge on any atom is 0.335 e. The Morgan fingerprint density at radius 1 is 1.30 bits per heavy atom.